The second kappa shape index (κ2) is 5.52. The average Bonchev–Trinajstić information content (AvgIpc) is 2.42. The lowest BCUT2D eigenvalue weighted by molar-refractivity contribution is 0.0696. The van der Waals surface area contributed by atoms with Crippen LogP contribution in [0.1, 0.15) is 31.8 Å². The Morgan fingerprint density at radius 3 is 2.45 bits per heavy atom. The number of carboxylic acid groups (broad SMARTS) is 1. The maximum atomic E-state index is 12.1. The van der Waals surface area contributed by atoms with E-state index in [1.165, 1.54) is 18.3 Å². The molecule has 5 heteroatoms. The highest BCUT2D eigenvalue weighted by molar-refractivity contribution is 6.04. The zero-order chi connectivity index (χ0) is 14.7. The second-order valence-corrected chi connectivity index (χ2v) is 4.49. The molecule has 0 aliphatic heterocycles. The second-order valence-electron chi connectivity index (χ2n) is 4.49. The number of hydrogen-bond donors (Lipinski definition) is 2. The van der Waals surface area contributed by atoms with E-state index in [-0.39, 0.29) is 17.3 Å². The molecule has 1 heterocycles. The van der Waals surface area contributed by atoms with Crippen molar-refractivity contribution >= 4 is 17.7 Å². The summed E-state index contributed by atoms with van der Waals surface area (Å²) in [6.07, 6.45) is 1.35. The van der Waals surface area contributed by atoms with Crippen LogP contribution in [0.25, 0.3) is 0 Å². The number of nitrogens with one attached hydrogen (secondary N) is 1. The molecule has 0 fully saturated rings. The van der Waals surface area contributed by atoms with E-state index in [2.05, 4.69) is 10.3 Å². The van der Waals surface area contributed by atoms with Gasteiger partial charge in [0.25, 0.3) is 5.91 Å². The van der Waals surface area contributed by atoms with Crippen molar-refractivity contribution in [1.82, 2.24) is 4.98 Å². The van der Waals surface area contributed by atoms with Crippen molar-refractivity contribution in [3.8, 4) is 0 Å². The predicted octanol–water partition coefficient (Wildman–Crippen LogP) is 2.65. The smallest absolute Gasteiger partial charge is 0.335 e. The van der Waals surface area contributed by atoms with E-state index in [1.807, 2.05) is 19.9 Å². The molecule has 2 rings (SSSR count). The third-order valence-electron chi connectivity index (χ3n) is 3.02. The van der Waals surface area contributed by atoms with Crippen LogP contribution in [0, 0.1) is 13.8 Å². The van der Waals surface area contributed by atoms with E-state index in [0.29, 0.717) is 5.56 Å². The maximum Gasteiger partial charge on any atom is 0.335 e. The quantitative estimate of drug-likeness (QED) is 0.898. The molecule has 5 nitrogen and oxygen atoms in total. The molecule has 102 valence electrons. The highest BCUT2D eigenvalue weighted by atomic mass is 16.4. The van der Waals surface area contributed by atoms with Gasteiger partial charge in [0.1, 0.15) is 5.82 Å². The Kier molecular flexibility index (Phi) is 3.79. The Morgan fingerprint density at radius 1 is 1.05 bits per heavy atom. The number of nitrogens with zero attached hydrogens (tertiary/aromatic N) is 1. The van der Waals surface area contributed by atoms with Gasteiger partial charge in [-0.1, -0.05) is 6.07 Å². The molecule has 0 atom stereocenters. The van der Waals surface area contributed by atoms with Crippen molar-refractivity contribution in [3.05, 3.63) is 58.8 Å². The van der Waals surface area contributed by atoms with Crippen LogP contribution < -0.4 is 5.32 Å². The molecule has 0 saturated heterocycles. The van der Waals surface area contributed by atoms with E-state index in [4.69, 9.17) is 5.11 Å². The summed E-state index contributed by atoms with van der Waals surface area (Å²) in [6.45, 7) is 3.89. The topological polar surface area (TPSA) is 79.3 Å². The molecule has 0 bridgehead atoms. The summed E-state index contributed by atoms with van der Waals surface area (Å²) in [4.78, 5) is 26.8. The van der Waals surface area contributed by atoms with Gasteiger partial charge in [0.2, 0.25) is 0 Å². The van der Waals surface area contributed by atoms with Crippen molar-refractivity contribution in [2.24, 2.45) is 0 Å². The third kappa shape index (κ3) is 3.00. The lowest BCUT2D eigenvalue weighted by atomic mass is 10.1. The number of aryl methyl sites for hydroxylation is 2. The lowest BCUT2D eigenvalue weighted by Crippen LogP contribution is -2.13. The summed E-state index contributed by atoms with van der Waals surface area (Å²) in [5.74, 6) is -1.16. The predicted molar refractivity (Wildman–Crippen MR) is 75.1 cm³/mol. The Labute approximate surface area is 116 Å². The molecule has 0 spiro atoms. The molecular weight excluding hydrogens is 256 g/mol. The van der Waals surface area contributed by atoms with Crippen LogP contribution in [0.15, 0.2) is 36.5 Å². The third-order valence-corrected chi connectivity index (χ3v) is 3.02. The van der Waals surface area contributed by atoms with E-state index in [1.54, 1.807) is 12.1 Å². The minimum absolute atomic E-state index is 0.0791. The number of carboxylic acids is 1. The van der Waals surface area contributed by atoms with Crippen molar-refractivity contribution in [2.75, 3.05) is 5.32 Å². The van der Waals surface area contributed by atoms with Gasteiger partial charge in [0, 0.05) is 11.8 Å². The van der Waals surface area contributed by atoms with Crippen molar-refractivity contribution < 1.29 is 14.7 Å². The summed E-state index contributed by atoms with van der Waals surface area (Å²) in [5, 5.41) is 11.5. The van der Waals surface area contributed by atoms with E-state index >= 15 is 0 Å². The summed E-state index contributed by atoms with van der Waals surface area (Å²) < 4.78 is 0. The highest BCUT2D eigenvalue weighted by Gasteiger charge is 2.10. The van der Waals surface area contributed by atoms with Gasteiger partial charge in [-0.3, -0.25) is 4.79 Å². The summed E-state index contributed by atoms with van der Waals surface area (Å²) in [6, 6.07) is 8.06. The molecule has 1 amide bonds. The molecular formula is C15H14N2O3. The molecule has 0 aliphatic carbocycles. The highest BCUT2D eigenvalue weighted by Crippen LogP contribution is 2.12. The van der Waals surface area contributed by atoms with Crippen molar-refractivity contribution in [3.63, 3.8) is 0 Å². The summed E-state index contributed by atoms with van der Waals surface area (Å²) in [5.41, 5.74) is 2.71. The first-order valence-corrected chi connectivity index (χ1v) is 6.05. The van der Waals surface area contributed by atoms with Gasteiger partial charge < -0.3 is 10.4 Å². The molecule has 0 unspecified atom stereocenters. The number of hydrogen-bond acceptors (Lipinski definition) is 3. The zero-order valence-corrected chi connectivity index (χ0v) is 11.2. The standard InChI is InChI=1S/C15H14N2O3/c1-9-3-4-11(7-10(9)2)14(18)17-13-8-12(15(19)20)5-6-16-13/h3-8H,1-2H3,(H,19,20)(H,16,17,18). The van der Waals surface area contributed by atoms with E-state index in [0.717, 1.165) is 11.1 Å². The van der Waals surface area contributed by atoms with Gasteiger partial charge in [-0.2, -0.15) is 0 Å². The Balaban J connectivity index is 2.21. The number of carbonyl (C=O) groups excluding carboxylic acids is 1. The van der Waals surface area contributed by atoms with Gasteiger partial charge in [-0.25, -0.2) is 9.78 Å². The molecule has 0 saturated carbocycles. The summed E-state index contributed by atoms with van der Waals surface area (Å²) >= 11 is 0. The molecule has 20 heavy (non-hydrogen) atoms. The van der Waals surface area contributed by atoms with Crippen LogP contribution in [0.5, 0.6) is 0 Å². The number of aromatic carboxylic acids is 1. The van der Waals surface area contributed by atoms with Crippen LogP contribution in [0.4, 0.5) is 5.82 Å². The fraction of sp³-hybridized carbons (Fsp3) is 0.133. The maximum absolute atomic E-state index is 12.1. The molecule has 1 aromatic heterocycles. The molecule has 2 N–H and O–H groups in total. The van der Waals surface area contributed by atoms with E-state index < -0.39 is 5.97 Å². The first-order valence-electron chi connectivity index (χ1n) is 6.05. The van der Waals surface area contributed by atoms with Gasteiger partial charge >= 0.3 is 5.97 Å². The zero-order valence-electron chi connectivity index (χ0n) is 11.2. The summed E-state index contributed by atoms with van der Waals surface area (Å²) in [7, 11) is 0. The van der Waals surface area contributed by atoms with Crippen LogP contribution in [-0.2, 0) is 0 Å². The number of rotatable bonds is 3. The van der Waals surface area contributed by atoms with Gasteiger partial charge in [0.15, 0.2) is 0 Å². The average molecular weight is 270 g/mol. The fourth-order valence-electron chi connectivity index (χ4n) is 1.70. The van der Waals surface area contributed by atoms with E-state index in [9.17, 15) is 9.59 Å². The largest absolute Gasteiger partial charge is 0.478 e. The number of benzene rings is 1. The molecule has 2 aromatic rings. The SMILES string of the molecule is Cc1ccc(C(=O)Nc2cc(C(=O)O)ccn2)cc1C. The molecule has 1 aromatic carbocycles. The Hall–Kier alpha value is -2.69. The lowest BCUT2D eigenvalue weighted by Gasteiger charge is -2.07. The van der Waals surface area contributed by atoms with Crippen LogP contribution in [-0.4, -0.2) is 22.0 Å². The number of amides is 1. The van der Waals surface area contributed by atoms with Gasteiger partial charge in [-0.05, 0) is 49.2 Å². The molecule has 0 radical (unpaired) electrons. The van der Waals surface area contributed by atoms with Crippen LogP contribution in [0.3, 0.4) is 0 Å². The minimum Gasteiger partial charge on any atom is -0.478 e. The number of anilines is 1. The molecule has 0 aliphatic rings. The number of pyridine rings is 1. The Morgan fingerprint density at radius 2 is 1.80 bits per heavy atom. The van der Waals surface area contributed by atoms with Crippen molar-refractivity contribution in [1.29, 1.82) is 0 Å². The normalized spacial score (nSPS) is 10.1. The fourth-order valence-corrected chi connectivity index (χ4v) is 1.70. The van der Waals surface area contributed by atoms with Crippen LogP contribution >= 0.6 is 0 Å². The van der Waals surface area contributed by atoms with Crippen molar-refractivity contribution in [2.45, 2.75) is 13.8 Å². The van der Waals surface area contributed by atoms with Crippen LogP contribution in [0.2, 0.25) is 0 Å². The van der Waals surface area contributed by atoms with Gasteiger partial charge in [0.05, 0.1) is 5.56 Å². The number of carbonyl (C=O) groups is 2. The first kappa shape index (κ1) is 13.7. The monoisotopic (exact) mass is 270 g/mol. The Bertz CT molecular complexity index is 681. The number of aromatic nitrogens is 1. The first-order chi connectivity index (χ1) is 9.47. The van der Waals surface area contributed by atoms with Gasteiger partial charge in [-0.15, -0.1) is 0 Å². The minimum atomic E-state index is -1.06.